The number of hydrogen-bond donors (Lipinski definition) is 1. The van der Waals surface area contributed by atoms with Gasteiger partial charge >= 0.3 is 0 Å². The van der Waals surface area contributed by atoms with Crippen LogP contribution in [-0.2, 0) is 4.74 Å². The molecule has 0 spiro atoms. The molecule has 6 nitrogen and oxygen atoms in total. The summed E-state index contributed by atoms with van der Waals surface area (Å²) in [6, 6.07) is 15.0. The number of nitrogens with zero attached hydrogens (tertiary/aromatic N) is 2. The molecule has 0 bridgehead atoms. The fourth-order valence-corrected chi connectivity index (χ4v) is 2.62. The fourth-order valence-electron chi connectivity index (χ4n) is 2.62. The summed E-state index contributed by atoms with van der Waals surface area (Å²) in [5, 5.41) is 11.1. The number of amides is 1. The molecule has 0 unspecified atom stereocenters. The minimum Gasteiger partial charge on any atom is -0.416 e. The third-order valence-electron chi connectivity index (χ3n) is 4.04. The SMILES string of the molecule is CCOCCCNC(=O)c1ccc(-c2nnc(-c3cccc(C)c3)o2)cc1. The number of carbonyl (C=O) groups is 1. The molecule has 1 heterocycles. The average molecular weight is 365 g/mol. The van der Waals surface area contributed by atoms with E-state index in [0.717, 1.165) is 23.1 Å². The molecule has 1 N–H and O–H groups in total. The van der Waals surface area contributed by atoms with Crippen LogP contribution >= 0.6 is 0 Å². The zero-order valence-corrected chi connectivity index (χ0v) is 15.6. The van der Waals surface area contributed by atoms with E-state index >= 15 is 0 Å². The molecule has 6 heteroatoms. The summed E-state index contributed by atoms with van der Waals surface area (Å²) < 4.78 is 11.0. The fraction of sp³-hybridized carbons (Fsp3) is 0.286. The minimum absolute atomic E-state index is 0.107. The van der Waals surface area contributed by atoms with Crippen molar-refractivity contribution in [2.75, 3.05) is 19.8 Å². The molecule has 1 aromatic heterocycles. The van der Waals surface area contributed by atoms with Gasteiger partial charge in [-0.15, -0.1) is 10.2 Å². The monoisotopic (exact) mass is 365 g/mol. The van der Waals surface area contributed by atoms with Crippen LogP contribution in [0.3, 0.4) is 0 Å². The lowest BCUT2D eigenvalue weighted by atomic mass is 10.1. The van der Waals surface area contributed by atoms with Crippen molar-refractivity contribution in [2.24, 2.45) is 0 Å². The molecule has 0 atom stereocenters. The summed E-state index contributed by atoms with van der Waals surface area (Å²) in [5.74, 6) is 0.795. The summed E-state index contributed by atoms with van der Waals surface area (Å²) in [6.07, 6.45) is 0.793. The number of aromatic nitrogens is 2. The largest absolute Gasteiger partial charge is 0.416 e. The third kappa shape index (κ3) is 5.01. The molecule has 0 aliphatic heterocycles. The summed E-state index contributed by atoms with van der Waals surface area (Å²) in [6.45, 7) is 5.89. The van der Waals surface area contributed by atoms with Crippen LogP contribution in [0.2, 0.25) is 0 Å². The Kier molecular flexibility index (Phi) is 6.33. The topological polar surface area (TPSA) is 77.2 Å². The van der Waals surface area contributed by atoms with E-state index in [1.165, 1.54) is 0 Å². The van der Waals surface area contributed by atoms with Crippen LogP contribution in [0.4, 0.5) is 0 Å². The number of aryl methyl sites for hydroxylation is 1. The first-order valence-corrected chi connectivity index (χ1v) is 9.04. The van der Waals surface area contributed by atoms with Crippen LogP contribution in [0.1, 0.15) is 29.3 Å². The highest BCUT2D eigenvalue weighted by atomic mass is 16.5. The second kappa shape index (κ2) is 9.09. The van der Waals surface area contributed by atoms with Crippen LogP contribution in [0.15, 0.2) is 52.9 Å². The van der Waals surface area contributed by atoms with Crippen molar-refractivity contribution in [3.05, 3.63) is 59.7 Å². The van der Waals surface area contributed by atoms with Gasteiger partial charge in [-0.05, 0) is 56.7 Å². The first-order chi connectivity index (χ1) is 13.2. The number of carbonyl (C=O) groups excluding carboxylic acids is 1. The second-order valence-corrected chi connectivity index (χ2v) is 6.17. The minimum atomic E-state index is -0.107. The highest BCUT2D eigenvalue weighted by Gasteiger charge is 2.12. The molecular formula is C21H23N3O3. The summed E-state index contributed by atoms with van der Waals surface area (Å²) in [5.41, 5.74) is 3.38. The van der Waals surface area contributed by atoms with Gasteiger partial charge in [0.15, 0.2) is 0 Å². The van der Waals surface area contributed by atoms with Crippen LogP contribution in [0.5, 0.6) is 0 Å². The van der Waals surface area contributed by atoms with E-state index in [1.807, 2.05) is 50.2 Å². The summed E-state index contributed by atoms with van der Waals surface area (Å²) in [7, 11) is 0. The first kappa shape index (κ1) is 18.8. The lowest BCUT2D eigenvalue weighted by Gasteiger charge is -2.05. The van der Waals surface area contributed by atoms with E-state index in [9.17, 15) is 4.79 Å². The Morgan fingerprint density at radius 1 is 1.07 bits per heavy atom. The molecule has 0 fully saturated rings. The highest BCUT2D eigenvalue weighted by molar-refractivity contribution is 5.94. The molecule has 3 aromatic rings. The van der Waals surface area contributed by atoms with Gasteiger partial charge in [0.2, 0.25) is 11.8 Å². The lowest BCUT2D eigenvalue weighted by molar-refractivity contribution is 0.0944. The van der Waals surface area contributed by atoms with Gasteiger partial charge in [0.05, 0.1) is 0 Å². The van der Waals surface area contributed by atoms with E-state index in [-0.39, 0.29) is 5.91 Å². The Morgan fingerprint density at radius 2 is 1.81 bits per heavy atom. The Balaban J connectivity index is 1.63. The van der Waals surface area contributed by atoms with Gasteiger partial charge in [-0.3, -0.25) is 4.79 Å². The standard InChI is InChI=1S/C21H23N3O3/c1-3-26-13-5-12-22-19(25)16-8-10-17(11-9-16)20-23-24-21(27-20)18-7-4-6-15(2)14-18/h4,6-11,14H,3,5,12-13H2,1-2H3,(H,22,25). The van der Waals surface area contributed by atoms with E-state index in [1.54, 1.807) is 12.1 Å². The maximum absolute atomic E-state index is 12.1. The smallest absolute Gasteiger partial charge is 0.251 e. The predicted octanol–water partition coefficient (Wildman–Crippen LogP) is 3.87. The Morgan fingerprint density at radius 3 is 2.52 bits per heavy atom. The maximum atomic E-state index is 12.1. The summed E-state index contributed by atoms with van der Waals surface area (Å²) in [4.78, 5) is 12.1. The van der Waals surface area contributed by atoms with Crippen molar-refractivity contribution in [1.82, 2.24) is 15.5 Å². The van der Waals surface area contributed by atoms with Crippen molar-refractivity contribution in [3.8, 4) is 22.9 Å². The van der Waals surface area contributed by atoms with Gasteiger partial charge in [-0.1, -0.05) is 17.7 Å². The zero-order chi connectivity index (χ0) is 19.1. The van der Waals surface area contributed by atoms with Crippen molar-refractivity contribution >= 4 is 5.91 Å². The number of ether oxygens (including phenoxy) is 1. The van der Waals surface area contributed by atoms with Gasteiger partial charge < -0.3 is 14.5 Å². The van der Waals surface area contributed by atoms with E-state index < -0.39 is 0 Å². The van der Waals surface area contributed by atoms with E-state index in [2.05, 4.69) is 15.5 Å². The van der Waals surface area contributed by atoms with Crippen molar-refractivity contribution in [2.45, 2.75) is 20.3 Å². The predicted molar refractivity (Wildman–Crippen MR) is 103 cm³/mol. The van der Waals surface area contributed by atoms with Gasteiger partial charge in [0.1, 0.15) is 0 Å². The maximum Gasteiger partial charge on any atom is 0.251 e. The molecule has 0 saturated heterocycles. The molecule has 0 saturated carbocycles. The highest BCUT2D eigenvalue weighted by Crippen LogP contribution is 2.24. The van der Waals surface area contributed by atoms with Crippen LogP contribution in [0, 0.1) is 6.92 Å². The van der Waals surface area contributed by atoms with Crippen molar-refractivity contribution < 1.29 is 13.9 Å². The Labute approximate surface area is 158 Å². The zero-order valence-electron chi connectivity index (χ0n) is 15.6. The van der Waals surface area contributed by atoms with E-state index in [4.69, 9.17) is 9.15 Å². The number of rotatable bonds is 8. The Hall–Kier alpha value is -2.99. The normalized spacial score (nSPS) is 10.7. The quantitative estimate of drug-likeness (QED) is 0.613. The van der Waals surface area contributed by atoms with E-state index in [0.29, 0.717) is 37.1 Å². The van der Waals surface area contributed by atoms with Crippen molar-refractivity contribution in [1.29, 1.82) is 0 Å². The average Bonchev–Trinajstić information content (AvgIpc) is 3.18. The van der Waals surface area contributed by atoms with Crippen LogP contribution in [-0.4, -0.2) is 35.9 Å². The second-order valence-electron chi connectivity index (χ2n) is 6.17. The molecule has 3 rings (SSSR count). The van der Waals surface area contributed by atoms with Gasteiger partial charge in [-0.2, -0.15) is 0 Å². The molecule has 2 aromatic carbocycles. The van der Waals surface area contributed by atoms with Crippen LogP contribution in [0.25, 0.3) is 22.9 Å². The Bertz CT molecular complexity index is 888. The molecule has 1 amide bonds. The van der Waals surface area contributed by atoms with Crippen LogP contribution < -0.4 is 5.32 Å². The van der Waals surface area contributed by atoms with Gasteiger partial charge in [0.25, 0.3) is 5.91 Å². The lowest BCUT2D eigenvalue weighted by Crippen LogP contribution is -2.25. The first-order valence-electron chi connectivity index (χ1n) is 9.04. The third-order valence-corrected chi connectivity index (χ3v) is 4.04. The molecule has 0 aliphatic carbocycles. The van der Waals surface area contributed by atoms with Gasteiger partial charge in [-0.25, -0.2) is 0 Å². The van der Waals surface area contributed by atoms with Gasteiger partial charge in [0, 0.05) is 36.4 Å². The number of nitrogens with one attached hydrogen (secondary N) is 1. The molecule has 0 radical (unpaired) electrons. The molecule has 0 aliphatic rings. The molecular weight excluding hydrogens is 342 g/mol. The van der Waals surface area contributed by atoms with Crippen molar-refractivity contribution in [3.63, 3.8) is 0 Å². The number of hydrogen-bond acceptors (Lipinski definition) is 5. The summed E-state index contributed by atoms with van der Waals surface area (Å²) >= 11 is 0. The number of benzene rings is 2. The molecule has 27 heavy (non-hydrogen) atoms. The molecule has 140 valence electrons.